The lowest BCUT2D eigenvalue weighted by Gasteiger charge is -2.13. The Morgan fingerprint density at radius 3 is 2.62 bits per heavy atom. The fourth-order valence-corrected chi connectivity index (χ4v) is 3.20. The van der Waals surface area contributed by atoms with Gasteiger partial charge >= 0.3 is 0 Å². The van der Waals surface area contributed by atoms with Gasteiger partial charge in [-0.15, -0.1) is 0 Å². The zero-order chi connectivity index (χ0) is 22.3. The molecule has 2 aromatic heterocycles. The van der Waals surface area contributed by atoms with Crippen molar-refractivity contribution in [2.24, 2.45) is 10.7 Å². The number of para-hydroxylation sites is 1. The first-order valence-corrected chi connectivity index (χ1v) is 9.91. The van der Waals surface area contributed by atoms with Gasteiger partial charge in [0.2, 0.25) is 5.43 Å². The molecule has 0 radical (unpaired) electrons. The molecule has 0 saturated heterocycles. The lowest BCUT2D eigenvalue weighted by Crippen LogP contribution is -2.20. The number of pyridine rings is 1. The van der Waals surface area contributed by atoms with Gasteiger partial charge in [0, 0.05) is 30.2 Å². The second kappa shape index (κ2) is 9.53. The van der Waals surface area contributed by atoms with Crippen LogP contribution < -0.4 is 15.9 Å². The molecule has 32 heavy (non-hydrogen) atoms. The number of allylic oxidation sites excluding steroid dienone is 1. The minimum atomic E-state index is -0.264. The Labute approximate surface area is 185 Å². The molecule has 158 valence electrons. The number of hydrogen-bond donors (Lipinski definition) is 1. The average Bonchev–Trinajstić information content (AvgIpc) is 2.85. The van der Waals surface area contributed by atoms with E-state index in [9.17, 15) is 4.79 Å². The Morgan fingerprint density at radius 2 is 1.91 bits per heavy atom. The molecule has 7 nitrogen and oxygen atoms in total. The van der Waals surface area contributed by atoms with Gasteiger partial charge in [0.1, 0.15) is 11.4 Å². The summed E-state index contributed by atoms with van der Waals surface area (Å²) in [5, 5.41) is 4.54. The first-order valence-electron chi connectivity index (χ1n) is 9.91. The number of aromatic nitrogens is 3. The van der Waals surface area contributed by atoms with Crippen LogP contribution in [-0.4, -0.2) is 27.6 Å². The summed E-state index contributed by atoms with van der Waals surface area (Å²) in [7, 11) is 1.59. The first-order chi connectivity index (χ1) is 15.7. The van der Waals surface area contributed by atoms with Crippen LogP contribution in [0.4, 0.5) is 5.69 Å². The fraction of sp³-hybridized carbons (Fsp3) is 0.0400. The maximum atomic E-state index is 12.6. The Kier molecular flexibility index (Phi) is 6.17. The van der Waals surface area contributed by atoms with Crippen LogP contribution in [0.3, 0.4) is 0 Å². The van der Waals surface area contributed by atoms with Crippen LogP contribution in [0.2, 0.25) is 0 Å². The van der Waals surface area contributed by atoms with Crippen LogP contribution in [0, 0.1) is 0 Å². The van der Waals surface area contributed by atoms with Crippen LogP contribution in [0.15, 0.2) is 107 Å². The normalized spacial score (nSPS) is 11.6. The summed E-state index contributed by atoms with van der Waals surface area (Å²) in [5.74, 6) is 0.601. The topological polar surface area (TPSA) is 95.4 Å². The molecule has 0 atom stereocenters. The van der Waals surface area contributed by atoms with Crippen molar-refractivity contribution in [1.82, 2.24) is 14.8 Å². The van der Waals surface area contributed by atoms with Crippen molar-refractivity contribution >= 4 is 11.4 Å². The van der Waals surface area contributed by atoms with Gasteiger partial charge in [-0.05, 0) is 48.2 Å². The average molecular weight is 423 g/mol. The summed E-state index contributed by atoms with van der Waals surface area (Å²) >= 11 is 0. The van der Waals surface area contributed by atoms with Crippen LogP contribution in [0.1, 0.15) is 5.69 Å². The van der Waals surface area contributed by atoms with E-state index in [1.165, 1.54) is 12.3 Å². The van der Waals surface area contributed by atoms with Crippen molar-refractivity contribution in [1.29, 1.82) is 0 Å². The second-order valence-corrected chi connectivity index (χ2v) is 6.79. The van der Waals surface area contributed by atoms with Gasteiger partial charge in [0.15, 0.2) is 5.69 Å². The molecule has 0 spiro atoms. The minimum absolute atomic E-state index is 0.177. The van der Waals surface area contributed by atoms with E-state index in [1.54, 1.807) is 36.5 Å². The van der Waals surface area contributed by atoms with E-state index < -0.39 is 0 Å². The maximum Gasteiger partial charge on any atom is 0.209 e. The van der Waals surface area contributed by atoms with Crippen LogP contribution in [0.5, 0.6) is 5.75 Å². The highest BCUT2D eigenvalue weighted by molar-refractivity contribution is 6.08. The monoisotopic (exact) mass is 423 g/mol. The first kappa shape index (κ1) is 20.7. The predicted molar refractivity (Wildman–Crippen MR) is 126 cm³/mol. The summed E-state index contributed by atoms with van der Waals surface area (Å²) in [6.07, 6.45) is 8.01. The van der Waals surface area contributed by atoms with E-state index in [0.717, 1.165) is 11.1 Å². The molecule has 7 heteroatoms. The largest absolute Gasteiger partial charge is 0.494 e. The standard InChI is InChI=1S/C25H21N5O2/c1-32-24-16-18(19-6-5-14-27-17-19)9-10-22(24)30-15-12-23(31)25(29-30)21(11-13-26)28-20-7-3-2-4-8-20/h2-17H,26H2,1H3. The van der Waals surface area contributed by atoms with Crippen molar-refractivity contribution < 1.29 is 4.74 Å². The number of hydrogen-bond acceptors (Lipinski definition) is 6. The van der Waals surface area contributed by atoms with E-state index in [1.807, 2.05) is 60.7 Å². The van der Waals surface area contributed by atoms with Crippen LogP contribution >= 0.6 is 0 Å². The highest BCUT2D eigenvalue weighted by Gasteiger charge is 2.13. The van der Waals surface area contributed by atoms with Gasteiger partial charge in [0.25, 0.3) is 0 Å². The molecule has 0 bridgehead atoms. The molecule has 0 fully saturated rings. The molecule has 0 aliphatic rings. The highest BCUT2D eigenvalue weighted by Crippen LogP contribution is 2.29. The summed E-state index contributed by atoms with van der Waals surface area (Å²) < 4.78 is 7.20. The summed E-state index contributed by atoms with van der Waals surface area (Å²) in [5.41, 5.74) is 9.19. The smallest absolute Gasteiger partial charge is 0.209 e. The van der Waals surface area contributed by atoms with Crippen LogP contribution in [0.25, 0.3) is 16.8 Å². The lowest BCUT2D eigenvalue weighted by atomic mass is 10.1. The Bertz CT molecular complexity index is 1330. The fourth-order valence-electron chi connectivity index (χ4n) is 3.20. The SMILES string of the molecule is COc1cc(-c2cccnc2)ccc1-n1ccc(=O)c(C(C=CN)=Nc2ccccc2)n1. The molecule has 2 heterocycles. The number of nitrogens with zero attached hydrogens (tertiary/aromatic N) is 4. The zero-order valence-corrected chi connectivity index (χ0v) is 17.4. The van der Waals surface area contributed by atoms with Crippen LogP contribution in [-0.2, 0) is 0 Å². The zero-order valence-electron chi connectivity index (χ0n) is 17.4. The van der Waals surface area contributed by atoms with E-state index >= 15 is 0 Å². The third-order valence-electron chi connectivity index (χ3n) is 4.73. The van der Waals surface area contributed by atoms with Gasteiger partial charge in [-0.25, -0.2) is 9.67 Å². The van der Waals surface area contributed by atoms with E-state index in [4.69, 9.17) is 10.5 Å². The number of methoxy groups -OCH3 is 1. The Balaban J connectivity index is 1.80. The van der Waals surface area contributed by atoms with Crippen molar-refractivity contribution in [2.45, 2.75) is 0 Å². The summed E-state index contributed by atoms with van der Waals surface area (Å²) in [6.45, 7) is 0. The number of nitrogens with two attached hydrogens (primary N) is 1. The third kappa shape index (κ3) is 4.46. The predicted octanol–water partition coefficient (Wildman–Crippen LogP) is 3.90. The number of aliphatic imine (C=N–C) groups is 1. The maximum absolute atomic E-state index is 12.6. The van der Waals surface area contributed by atoms with Gasteiger partial charge in [-0.1, -0.05) is 30.3 Å². The molecular formula is C25H21N5O2. The summed E-state index contributed by atoms with van der Waals surface area (Å²) in [4.78, 5) is 21.3. The molecule has 0 aliphatic carbocycles. The Hall–Kier alpha value is -4.52. The van der Waals surface area contributed by atoms with Crippen molar-refractivity contribution in [3.63, 3.8) is 0 Å². The molecule has 4 aromatic rings. The number of rotatable bonds is 6. The van der Waals surface area contributed by atoms with Crippen molar-refractivity contribution in [3.8, 4) is 22.6 Å². The van der Waals surface area contributed by atoms with Gasteiger partial charge in [-0.3, -0.25) is 9.78 Å². The van der Waals surface area contributed by atoms with Gasteiger partial charge in [0.05, 0.1) is 18.5 Å². The molecule has 0 aliphatic heterocycles. The molecule has 0 saturated carbocycles. The molecule has 2 aromatic carbocycles. The van der Waals surface area contributed by atoms with E-state index in [0.29, 0.717) is 22.8 Å². The van der Waals surface area contributed by atoms with Gasteiger partial charge in [-0.2, -0.15) is 5.10 Å². The van der Waals surface area contributed by atoms with Crippen molar-refractivity contribution in [3.05, 3.63) is 114 Å². The summed E-state index contributed by atoms with van der Waals surface area (Å²) in [6, 6.07) is 20.4. The quantitative estimate of drug-likeness (QED) is 0.475. The van der Waals surface area contributed by atoms with Crippen molar-refractivity contribution in [2.75, 3.05) is 7.11 Å². The Morgan fingerprint density at radius 1 is 1.06 bits per heavy atom. The number of ether oxygens (including phenoxy) is 1. The van der Waals surface area contributed by atoms with Gasteiger partial charge < -0.3 is 10.5 Å². The molecular weight excluding hydrogens is 402 g/mol. The molecule has 0 unspecified atom stereocenters. The second-order valence-electron chi connectivity index (χ2n) is 6.79. The third-order valence-corrected chi connectivity index (χ3v) is 4.73. The highest BCUT2D eigenvalue weighted by atomic mass is 16.5. The minimum Gasteiger partial charge on any atom is -0.494 e. The van der Waals surface area contributed by atoms with E-state index in [-0.39, 0.29) is 11.1 Å². The molecule has 0 amide bonds. The molecule has 4 rings (SSSR count). The van der Waals surface area contributed by atoms with E-state index in [2.05, 4.69) is 15.1 Å². The molecule has 2 N–H and O–H groups in total. The lowest BCUT2D eigenvalue weighted by molar-refractivity contribution is 0.411. The number of benzene rings is 2.